The van der Waals surface area contributed by atoms with E-state index >= 15 is 0 Å². The van der Waals surface area contributed by atoms with Gasteiger partial charge in [0.1, 0.15) is 11.4 Å². The lowest BCUT2D eigenvalue weighted by Gasteiger charge is -2.21. The number of amides is 1. The molecule has 0 saturated heterocycles. The second kappa shape index (κ2) is 9.67. The van der Waals surface area contributed by atoms with Crippen LogP contribution in [0, 0.1) is 0 Å². The van der Waals surface area contributed by atoms with E-state index < -0.39 is 0 Å². The summed E-state index contributed by atoms with van der Waals surface area (Å²) in [5.41, 5.74) is 2.18. The lowest BCUT2D eigenvalue weighted by Crippen LogP contribution is -2.33. The molecule has 0 bridgehead atoms. The number of para-hydroxylation sites is 2. The Bertz CT molecular complexity index is 665. The zero-order chi connectivity index (χ0) is 18.1. The van der Waals surface area contributed by atoms with Crippen LogP contribution in [0.15, 0.2) is 42.6 Å². The third kappa shape index (κ3) is 5.21. The molecule has 1 N–H and O–H groups in total. The van der Waals surface area contributed by atoms with Gasteiger partial charge in [0, 0.05) is 13.1 Å². The monoisotopic (exact) mass is 341 g/mol. The van der Waals surface area contributed by atoms with Crippen molar-refractivity contribution < 1.29 is 9.53 Å². The van der Waals surface area contributed by atoms with Crippen molar-refractivity contribution in [2.75, 3.05) is 25.0 Å². The standard InChI is InChI=1S/C20H27N3O2/c1-4-13-23(14-5-2)20(24)18-12-11-16(15-21-18)22-17-9-7-8-10-19(17)25-6-3/h7-12,15,22H,4-6,13-14H2,1-3H3. The molecule has 5 heteroatoms. The van der Waals surface area contributed by atoms with E-state index in [2.05, 4.69) is 24.1 Å². The van der Waals surface area contributed by atoms with Gasteiger partial charge in [0.2, 0.25) is 0 Å². The Morgan fingerprint density at radius 1 is 1.08 bits per heavy atom. The van der Waals surface area contributed by atoms with E-state index in [9.17, 15) is 4.79 Å². The van der Waals surface area contributed by atoms with E-state index in [-0.39, 0.29) is 5.91 Å². The van der Waals surface area contributed by atoms with E-state index in [4.69, 9.17) is 4.74 Å². The van der Waals surface area contributed by atoms with Gasteiger partial charge in [-0.05, 0) is 44.0 Å². The fourth-order valence-electron chi connectivity index (χ4n) is 2.62. The molecule has 0 saturated carbocycles. The summed E-state index contributed by atoms with van der Waals surface area (Å²) in [6.45, 7) is 8.23. The van der Waals surface area contributed by atoms with Crippen molar-refractivity contribution in [2.24, 2.45) is 0 Å². The van der Waals surface area contributed by atoms with E-state index in [1.807, 2.05) is 42.2 Å². The van der Waals surface area contributed by atoms with Crippen molar-refractivity contribution in [1.29, 1.82) is 0 Å². The molecule has 0 atom stereocenters. The van der Waals surface area contributed by atoms with Gasteiger partial charge in [0.15, 0.2) is 0 Å². The quantitative estimate of drug-likeness (QED) is 0.730. The van der Waals surface area contributed by atoms with Gasteiger partial charge >= 0.3 is 0 Å². The molecule has 0 aliphatic carbocycles. The highest BCUT2D eigenvalue weighted by molar-refractivity contribution is 5.92. The molecule has 1 heterocycles. The number of carbonyl (C=O) groups is 1. The molecular weight excluding hydrogens is 314 g/mol. The number of rotatable bonds is 9. The van der Waals surface area contributed by atoms with E-state index in [0.717, 1.165) is 43.1 Å². The molecule has 25 heavy (non-hydrogen) atoms. The molecule has 0 aliphatic rings. The average molecular weight is 341 g/mol. The van der Waals surface area contributed by atoms with Crippen LogP contribution in [0.25, 0.3) is 0 Å². The Kier molecular flexibility index (Phi) is 7.26. The third-order valence-electron chi connectivity index (χ3n) is 3.72. The number of hydrogen-bond donors (Lipinski definition) is 1. The fourth-order valence-corrected chi connectivity index (χ4v) is 2.62. The predicted molar refractivity (Wildman–Crippen MR) is 102 cm³/mol. The number of carbonyl (C=O) groups excluding carboxylic acids is 1. The molecule has 0 unspecified atom stereocenters. The van der Waals surface area contributed by atoms with Crippen LogP contribution in [0.2, 0.25) is 0 Å². The lowest BCUT2D eigenvalue weighted by molar-refractivity contribution is 0.0749. The number of anilines is 2. The number of hydrogen-bond acceptors (Lipinski definition) is 4. The van der Waals surface area contributed by atoms with Crippen molar-refractivity contribution in [3.05, 3.63) is 48.3 Å². The zero-order valence-electron chi connectivity index (χ0n) is 15.3. The molecule has 2 aromatic rings. The Balaban J connectivity index is 2.10. The number of ether oxygens (including phenoxy) is 1. The van der Waals surface area contributed by atoms with Crippen molar-refractivity contribution in [2.45, 2.75) is 33.6 Å². The van der Waals surface area contributed by atoms with Crippen LogP contribution < -0.4 is 10.1 Å². The van der Waals surface area contributed by atoms with Crippen LogP contribution in [0.3, 0.4) is 0 Å². The molecule has 1 amide bonds. The van der Waals surface area contributed by atoms with E-state index in [0.29, 0.717) is 12.3 Å². The number of nitrogens with one attached hydrogen (secondary N) is 1. The molecular formula is C20H27N3O2. The number of benzene rings is 1. The van der Waals surface area contributed by atoms with Gasteiger partial charge in [0.05, 0.1) is 24.2 Å². The molecule has 0 fully saturated rings. The molecule has 0 radical (unpaired) electrons. The molecule has 0 aliphatic heterocycles. The van der Waals surface area contributed by atoms with Crippen molar-refractivity contribution in [3.63, 3.8) is 0 Å². The first-order chi connectivity index (χ1) is 12.2. The normalized spacial score (nSPS) is 10.4. The van der Waals surface area contributed by atoms with Crippen LogP contribution in [-0.2, 0) is 0 Å². The number of aromatic nitrogens is 1. The van der Waals surface area contributed by atoms with Crippen LogP contribution >= 0.6 is 0 Å². The molecule has 5 nitrogen and oxygen atoms in total. The van der Waals surface area contributed by atoms with Gasteiger partial charge in [-0.15, -0.1) is 0 Å². The van der Waals surface area contributed by atoms with Crippen molar-refractivity contribution in [3.8, 4) is 5.75 Å². The Morgan fingerprint density at radius 2 is 1.80 bits per heavy atom. The average Bonchev–Trinajstić information content (AvgIpc) is 2.63. The summed E-state index contributed by atoms with van der Waals surface area (Å²) in [4.78, 5) is 18.8. The Hall–Kier alpha value is -2.56. The van der Waals surface area contributed by atoms with Gasteiger partial charge in [-0.25, -0.2) is 4.98 Å². The lowest BCUT2D eigenvalue weighted by atomic mass is 10.2. The number of nitrogens with zero attached hydrogens (tertiary/aromatic N) is 2. The smallest absolute Gasteiger partial charge is 0.272 e. The number of pyridine rings is 1. The maximum Gasteiger partial charge on any atom is 0.272 e. The predicted octanol–water partition coefficient (Wildman–Crippen LogP) is 4.49. The van der Waals surface area contributed by atoms with E-state index in [1.165, 1.54) is 0 Å². The Morgan fingerprint density at radius 3 is 2.40 bits per heavy atom. The first-order valence-electron chi connectivity index (χ1n) is 8.93. The van der Waals surface area contributed by atoms with Gasteiger partial charge in [0.25, 0.3) is 5.91 Å². The summed E-state index contributed by atoms with van der Waals surface area (Å²) < 4.78 is 5.61. The summed E-state index contributed by atoms with van der Waals surface area (Å²) >= 11 is 0. The van der Waals surface area contributed by atoms with E-state index in [1.54, 1.807) is 12.3 Å². The highest BCUT2D eigenvalue weighted by Gasteiger charge is 2.15. The zero-order valence-corrected chi connectivity index (χ0v) is 15.3. The second-order valence-corrected chi connectivity index (χ2v) is 5.78. The minimum atomic E-state index is -0.00929. The summed E-state index contributed by atoms with van der Waals surface area (Å²) in [7, 11) is 0. The topological polar surface area (TPSA) is 54.5 Å². The summed E-state index contributed by atoms with van der Waals surface area (Å²) in [6, 6.07) is 11.4. The van der Waals surface area contributed by atoms with Crippen molar-refractivity contribution >= 4 is 17.3 Å². The molecule has 134 valence electrons. The van der Waals surface area contributed by atoms with Crippen LogP contribution in [-0.4, -0.2) is 35.5 Å². The third-order valence-corrected chi connectivity index (χ3v) is 3.72. The first-order valence-corrected chi connectivity index (χ1v) is 8.93. The molecule has 1 aromatic carbocycles. The van der Waals surface area contributed by atoms with Gasteiger partial charge in [-0.2, -0.15) is 0 Å². The second-order valence-electron chi connectivity index (χ2n) is 5.78. The highest BCUT2D eigenvalue weighted by atomic mass is 16.5. The molecule has 0 spiro atoms. The first kappa shape index (κ1) is 18.8. The minimum absolute atomic E-state index is 0.00929. The van der Waals surface area contributed by atoms with Gasteiger partial charge < -0.3 is 15.0 Å². The molecule has 2 rings (SSSR count). The SMILES string of the molecule is CCCN(CCC)C(=O)c1ccc(Nc2ccccc2OCC)cn1. The minimum Gasteiger partial charge on any atom is -0.492 e. The summed E-state index contributed by atoms with van der Waals surface area (Å²) in [5.74, 6) is 0.784. The van der Waals surface area contributed by atoms with Crippen molar-refractivity contribution in [1.82, 2.24) is 9.88 Å². The van der Waals surface area contributed by atoms with Gasteiger partial charge in [-0.3, -0.25) is 4.79 Å². The van der Waals surface area contributed by atoms with Gasteiger partial charge in [-0.1, -0.05) is 26.0 Å². The van der Waals surface area contributed by atoms with Crippen LogP contribution in [0.5, 0.6) is 5.75 Å². The summed E-state index contributed by atoms with van der Waals surface area (Å²) in [6.07, 6.45) is 3.57. The largest absolute Gasteiger partial charge is 0.492 e. The van der Waals surface area contributed by atoms with Crippen LogP contribution in [0.4, 0.5) is 11.4 Å². The highest BCUT2D eigenvalue weighted by Crippen LogP contribution is 2.27. The maximum absolute atomic E-state index is 12.6. The summed E-state index contributed by atoms with van der Waals surface area (Å²) in [5, 5.41) is 3.29. The fraction of sp³-hybridized carbons (Fsp3) is 0.400. The molecule has 1 aromatic heterocycles. The van der Waals surface area contributed by atoms with Crippen LogP contribution in [0.1, 0.15) is 44.1 Å². The maximum atomic E-state index is 12.6. The Labute approximate surface area is 150 Å².